The quantitative estimate of drug-likeness (QED) is 0.701. The Bertz CT molecular complexity index is 390. The van der Waals surface area contributed by atoms with E-state index in [4.69, 9.17) is 0 Å². The summed E-state index contributed by atoms with van der Waals surface area (Å²) in [7, 11) is 0. The van der Waals surface area contributed by atoms with Crippen molar-refractivity contribution in [1.29, 1.82) is 0 Å². The zero-order chi connectivity index (χ0) is 13.7. The fourth-order valence-electron chi connectivity index (χ4n) is 1.45. The van der Waals surface area contributed by atoms with Crippen LogP contribution < -0.4 is 4.74 Å². The highest BCUT2D eigenvalue weighted by molar-refractivity contribution is 7.80. The number of aliphatic hydroxyl groups excluding tert-OH is 2. The summed E-state index contributed by atoms with van der Waals surface area (Å²) >= 11 is 3.88. The van der Waals surface area contributed by atoms with Gasteiger partial charge in [-0.1, -0.05) is 0 Å². The monoisotopic (exact) mass is 282 g/mol. The van der Waals surface area contributed by atoms with E-state index in [-0.39, 0.29) is 12.0 Å². The van der Waals surface area contributed by atoms with Gasteiger partial charge in [-0.15, -0.1) is 0 Å². The molecule has 1 rings (SSSR count). The first-order chi connectivity index (χ1) is 8.45. The molecule has 102 valence electrons. The maximum Gasteiger partial charge on any atom is 0.387 e. The van der Waals surface area contributed by atoms with Crippen molar-refractivity contribution >= 4 is 12.6 Å². The molecule has 0 radical (unpaired) electrons. The molecule has 3 nitrogen and oxygen atoms in total. The molecule has 1 aromatic carbocycles. The normalized spacial score (nSPS) is 14.6. The maximum absolute atomic E-state index is 12.9. The first kappa shape index (κ1) is 15.1. The second-order valence-corrected chi connectivity index (χ2v) is 4.03. The van der Waals surface area contributed by atoms with Gasteiger partial charge < -0.3 is 14.9 Å². The molecule has 18 heavy (non-hydrogen) atoms. The Morgan fingerprint density at radius 2 is 1.94 bits per heavy atom. The van der Waals surface area contributed by atoms with E-state index < -0.39 is 30.4 Å². The van der Waals surface area contributed by atoms with Crippen molar-refractivity contribution in [3.8, 4) is 5.75 Å². The van der Waals surface area contributed by atoms with Gasteiger partial charge in [0.2, 0.25) is 0 Å². The summed E-state index contributed by atoms with van der Waals surface area (Å²) < 4.78 is 41.3. The molecule has 0 heterocycles. The molecule has 0 aliphatic heterocycles. The van der Waals surface area contributed by atoms with Crippen molar-refractivity contribution in [3.05, 3.63) is 29.6 Å². The van der Waals surface area contributed by atoms with Gasteiger partial charge in [0, 0.05) is 11.6 Å². The van der Waals surface area contributed by atoms with Gasteiger partial charge in [-0.25, -0.2) is 4.39 Å². The highest BCUT2D eigenvalue weighted by atomic mass is 32.1. The maximum atomic E-state index is 12.9. The summed E-state index contributed by atoms with van der Waals surface area (Å²) in [5.41, 5.74) is -0.0917. The molecule has 1 aromatic rings. The van der Waals surface area contributed by atoms with Crippen LogP contribution in [0.3, 0.4) is 0 Å². The minimum atomic E-state index is -3.14. The lowest BCUT2D eigenvalue weighted by Gasteiger charge is -2.20. The molecule has 0 fully saturated rings. The number of benzene rings is 1. The fourth-order valence-corrected chi connectivity index (χ4v) is 1.71. The Morgan fingerprint density at radius 1 is 1.28 bits per heavy atom. The van der Waals surface area contributed by atoms with Crippen LogP contribution in [0.1, 0.15) is 18.1 Å². The van der Waals surface area contributed by atoms with Crippen molar-refractivity contribution in [1.82, 2.24) is 0 Å². The van der Waals surface area contributed by atoms with Crippen molar-refractivity contribution in [3.63, 3.8) is 0 Å². The van der Waals surface area contributed by atoms with Gasteiger partial charge >= 0.3 is 6.61 Å². The van der Waals surface area contributed by atoms with E-state index >= 15 is 0 Å². The topological polar surface area (TPSA) is 49.7 Å². The second kappa shape index (κ2) is 6.86. The van der Waals surface area contributed by atoms with E-state index in [9.17, 15) is 23.4 Å². The molecule has 2 atom stereocenters. The summed E-state index contributed by atoms with van der Waals surface area (Å²) in [6, 6.07) is 2.82. The van der Waals surface area contributed by atoms with Gasteiger partial charge in [0.25, 0.3) is 0 Å². The third kappa shape index (κ3) is 4.08. The van der Waals surface area contributed by atoms with Crippen molar-refractivity contribution in [2.24, 2.45) is 0 Å². The average Bonchev–Trinajstić information content (AvgIpc) is 2.28. The van der Waals surface area contributed by atoms with E-state index in [0.29, 0.717) is 5.75 Å². The van der Waals surface area contributed by atoms with Crippen LogP contribution in [0.2, 0.25) is 0 Å². The zero-order valence-corrected chi connectivity index (χ0v) is 10.2. The lowest BCUT2D eigenvalue weighted by Crippen LogP contribution is -2.20. The molecule has 0 aliphatic rings. The highest BCUT2D eigenvalue weighted by Crippen LogP contribution is 2.30. The lowest BCUT2D eigenvalue weighted by atomic mass is 10.0. The van der Waals surface area contributed by atoms with Crippen molar-refractivity contribution in [2.45, 2.75) is 25.2 Å². The van der Waals surface area contributed by atoms with Gasteiger partial charge in [-0.2, -0.15) is 21.4 Å². The highest BCUT2D eigenvalue weighted by Gasteiger charge is 2.23. The number of alkyl halides is 2. The third-order valence-electron chi connectivity index (χ3n) is 2.30. The minimum Gasteiger partial charge on any atom is -0.434 e. The molecule has 0 spiro atoms. The first-order valence-electron chi connectivity index (χ1n) is 5.17. The van der Waals surface area contributed by atoms with Crippen molar-refractivity contribution in [2.75, 3.05) is 5.75 Å². The zero-order valence-electron chi connectivity index (χ0n) is 9.26. The molecular formula is C11H13F3O3S. The molecule has 7 heteroatoms. The number of thiol groups is 1. The summed E-state index contributed by atoms with van der Waals surface area (Å²) in [6.45, 7) is -3.14. The molecular weight excluding hydrogens is 269 g/mol. The van der Waals surface area contributed by atoms with Crippen LogP contribution in [-0.4, -0.2) is 28.7 Å². The minimum absolute atomic E-state index is 0.0917. The molecule has 0 amide bonds. The number of aliphatic hydroxyl groups is 2. The Hall–Kier alpha value is -0.920. The third-order valence-corrected chi connectivity index (χ3v) is 2.56. The number of ether oxygens (including phenoxy) is 1. The van der Waals surface area contributed by atoms with Crippen LogP contribution in [0.15, 0.2) is 18.2 Å². The van der Waals surface area contributed by atoms with Gasteiger partial charge in [-0.05, 0) is 24.3 Å². The Morgan fingerprint density at radius 3 is 2.50 bits per heavy atom. The largest absolute Gasteiger partial charge is 0.434 e. The van der Waals surface area contributed by atoms with Gasteiger partial charge in [-0.3, -0.25) is 0 Å². The summed E-state index contributed by atoms with van der Waals surface area (Å²) in [5.74, 6) is -0.953. The summed E-state index contributed by atoms with van der Waals surface area (Å²) in [6.07, 6.45) is -2.46. The lowest BCUT2D eigenvalue weighted by molar-refractivity contribution is -0.0540. The van der Waals surface area contributed by atoms with Crippen LogP contribution in [0, 0.1) is 5.82 Å². The number of halogens is 3. The molecule has 0 bridgehead atoms. The molecule has 0 saturated carbocycles. The molecule has 2 N–H and O–H groups in total. The number of hydrogen-bond donors (Lipinski definition) is 3. The van der Waals surface area contributed by atoms with Gasteiger partial charge in [0.05, 0.1) is 6.10 Å². The first-order valence-corrected chi connectivity index (χ1v) is 5.80. The molecule has 0 aromatic heterocycles. The van der Waals surface area contributed by atoms with Crippen LogP contribution in [0.25, 0.3) is 0 Å². The van der Waals surface area contributed by atoms with E-state index in [0.717, 1.165) is 18.2 Å². The predicted octanol–water partition coefficient (Wildman–Crippen LogP) is 2.14. The van der Waals surface area contributed by atoms with Crippen LogP contribution in [-0.2, 0) is 0 Å². The van der Waals surface area contributed by atoms with E-state index in [1.165, 1.54) is 0 Å². The molecule has 0 aliphatic carbocycles. The predicted molar refractivity (Wildman–Crippen MR) is 62.5 cm³/mol. The van der Waals surface area contributed by atoms with Gasteiger partial charge in [0.1, 0.15) is 17.7 Å². The number of rotatable bonds is 6. The van der Waals surface area contributed by atoms with Crippen LogP contribution in [0.4, 0.5) is 13.2 Å². The second-order valence-electron chi connectivity index (χ2n) is 3.59. The smallest absolute Gasteiger partial charge is 0.387 e. The van der Waals surface area contributed by atoms with E-state index in [2.05, 4.69) is 17.4 Å². The molecule has 0 saturated heterocycles. The standard InChI is InChI=1S/C11H13F3O3S/c12-6-1-2-7(9(5-6)17-11(13)14)10(16)8(15)3-4-18/h1-2,5,8,10-11,15-16,18H,3-4H2. The Balaban J connectivity index is 2.99. The summed E-state index contributed by atoms with van der Waals surface area (Å²) in [5, 5.41) is 19.3. The Kier molecular flexibility index (Phi) is 5.77. The number of hydrogen-bond acceptors (Lipinski definition) is 4. The average molecular weight is 282 g/mol. The van der Waals surface area contributed by atoms with Crippen LogP contribution >= 0.6 is 12.6 Å². The van der Waals surface area contributed by atoms with E-state index in [1.807, 2.05) is 0 Å². The van der Waals surface area contributed by atoms with Crippen LogP contribution in [0.5, 0.6) is 5.75 Å². The van der Waals surface area contributed by atoms with E-state index in [1.54, 1.807) is 0 Å². The summed E-state index contributed by atoms with van der Waals surface area (Å²) in [4.78, 5) is 0. The molecule has 2 unspecified atom stereocenters. The van der Waals surface area contributed by atoms with Crippen molar-refractivity contribution < 1.29 is 28.1 Å². The Labute approximate surface area is 108 Å². The fraction of sp³-hybridized carbons (Fsp3) is 0.455. The SMILES string of the molecule is OC(CCS)C(O)c1ccc(F)cc1OC(F)F. The van der Waals surface area contributed by atoms with Gasteiger partial charge in [0.15, 0.2) is 0 Å².